The van der Waals surface area contributed by atoms with E-state index in [1.807, 2.05) is 48.5 Å². The molecule has 156 valence electrons. The Hall–Kier alpha value is -2.60. The summed E-state index contributed by atoms with van der Waals surface area (Å²) < 4.78 is 1.80. The molecule has 0 bridgehead atoms. The molecule has 0 aliphatic carbocycles. The summed E-state index contributed by atoms with van der Waals surface area (Å²) in [5.74, 6) is 0.336. The molecule has 3 N–H and O–H groups in total. The number of nitrogens with one attached hydrogen (secondary N) is 1. The molecule has 0 atom stereocenters. The first-order valence-electron chi connectivity index (χ1n) is 9.23. The Kier molecular flexibility index (Phi) is 8.29. The maximum atomic E-state index is 12.8. The number of rotatable bonds is 6. The summed E-state index contributed by atoms with van der Waals surface area (Å²) >= 11 is 8.21. The Morgan fingerprint density at radius 1 is 1.03 bits per heavy atom. The second-order valence-electron chi connectivity index (χ2n) is 6.51. The van der Waals surface area contributed by atoms with Crippen molar-refractivity contribution in [2.24, 2.45) is 10.7 Å². The average Bonchev–Trinajstić information content (AvgIpc) is 2.78. The van der Waals surface area contributed by atoms with E-state index in [0.29, 0.717) is 28.6 Å². The number of nitrogens with two attached hydrogens (primary N) is 1. The van der Waals surface area contributed by atoms with E-state index in [0.717, 1.165) is 25.8 Å². The van der Waals surface area contributed by atoms with Crippen molar-refractivity contribution < 1.29 is 4.79 Å². The lowest BCUT2D eigenvalue weighted by molar-refractivity contribution is 0.0950. The van der Waals surface area contributed by atoms with E-state index in [-0.39, 0.29) is 5.91 Å². The summed E-state index contributed by atoms with van der Waals surface area (Å²) in [6.07, 6.45) is 0. The lowest BCUT2D eigenvalue weighted by atomic mass is 10.1. The van der Waals surface area contributed by atoms with Crippen molar-refractivity contribution in [1.29, 1.82) is 5.26 Å². The van der Waals surface area contributed by atoms with Crippen molar-refractivity contribution in [2.45, 2.75) is 12.3 Å². The number of amides is 1. The Labute approximate surface area is 202 Å². The number of thioether (sulfide) groups is 1. The number of amidine groups is 1. The van der Waals surface area contributed by atoms with Crippen LogP contribution in [-0.2, 0) is 12.3 Å². The van der Waals surface area contributed by atoms with Gasteiger partial charge in [0.2, 0.25) is 0 Å². The third-order valence-corrected chi connectivity index (χ3v) is 6.16. The number of carbonyl (C=O) groups excluding carboxylic acids is 1. The molecule has 0 aliphatic rings. The van der Waals surface area contributed by atoms with Gasteiger partial charge < -0.3 is 11.1 Å². The minimum absolute atomic E-state index is 0.176. The van der Waals surface area contributed by atoms with Gasteiger partial charge in [0.1, 0.15) is 0 Å². The van der Waals surface area contributed by atoms with E-state index in [2.05, 4.69) is 48.2 Å². The largest absolute Gasteiger partial charge is 0.378 e. The number of hydrogen-bond donors (Lipinski definition) is 2. The zero-order valence-corrected chi connectivity index (χ0v) is 20.3. The molecule has 0 spiro atoms. The average molecular weight is 558 g/mol. The van der Waals surface area contributed by atoms with Gasteiger partial charge in [-0.3, -0.25) is 4.79 Å². The van der Waals surface area contributed by atoms with E-state index in [4.69, 9.17) is 11.0 Å². The number of carbonyl (C=O) groups is 1. The fraction of sp³-hybridized carbons (Fsp3) is 0.0870. The SMILES string of the molecule is N#Cc1ccc(CNC(=O)c2cc(Br)ccc2CS/C(N)=N/c2ccc(Br)cc2)cc1. The number of aliphatic imine (C=N–C) groups is 1. The molecule has 31 heavy (non-hydrogen) atoms. The Bertz CT molecular complexity index is 1140. The fourth-order valence-electron chi connectivity index (χ4n) is 2.69. The molecule has 5 nitrogen and oxygen atoms in total. The second kappa shape index (κ2) is 11.1. The van der Waals surface area contributed by atoms with Crippen LogP contribution in [0.1, 0.15) is 27.0 Å². The highest BCUT2D eigenvalue weighted by Crippen LogP contribution is 2.23. The Balaban J connectivity index is 1.67. The number of nitrogens with zero attached hydrogens (tertiary/aromatic N) is 2. The molecule has 8 heteroatoms. The van der Waals surface area contributed by atoms with Crippen LogP contribution < -0.4 is 11.1 Å². The van der Waals surface area contributed by atoms with Crippen molar-refractivity contribution in [3.63, 3.8) is 0 Å². The van der Waals surface area contributed by atoms with Crippen molar-refractivity contribution in [3.8, 4) is 6.07 Å². The maximum absolute atomic E-state index is 12.8. The lowest BCUT2D eigenvalue weighted by Crippen LogP contribution is -2.24. The molecule has 3 rings (SSSR count). The summed E-state index contributed by atoms with van der Waals surface area (Å²) in [6, 6.07) is 22.4. The number of benzene rings is 3. The van der Waals surface area contributed by atoms with Crippen LogP contribution in [0.25, 0.3) is 0 Å². The van der Waals surface area contributed by atoms with Gasteiger partial charge in [0.25, 0.3) is 5.91 Å². The standard InChI is InChI=1S/C23H18Br2N4OS/c24-18-7-9-20(10-8-18)29-23(27)31-14-17-5-6-19(25)11-21(17)22(30)28-13-16-3-1-15(12-26)2-4-16/h1-11H,13-14H2,(H2,27,29)(H,28,30). The summed E-state index contributed by atoms with van der Waals surface area (Å²) in [6.45, 7) is 0.372. The second-order valence-corrected chi connectivity index (χ2v) is 9.33. The molecule has 0 radical (unpaired) electrons. The monoisotopic (exact) mass is 556 g/mol. The van der Waals surface area contributed by atoms with Gasteiger partial charge in [0.05, 0.1) is 17.3 Å². The van der Waals surface area contributed by atoms with Gasteiger partial charge >= 0.3 is 0 Å². The topological polar surface area (TPSA) is 91.3 Å². The molecule has 1 amide bonds. The van der Waals surface area contributed by atoms with Crippen LogP contribution in [0.3, 0.4) is 0 Å². The molecular formula is C23H18Br2N4OS. The number of halogens is 2. The van der Waals surface area contributed by atoms with Gasteiger partial charge in [0.15, 0.2) is 5.17 Å². The molecular weight excluding hydrogens is 540 g/mol. The fourth-order valence-corrected chi connectivity index (χ4v) is 4.04. The molecule has 0 saturated carbocycles. The predicted octanol–water partition coefficient (Wildman–Crippen LogP) is 5.89. The van der Waals surface area contributed by atoms with Gasteiger partial charge in [-0.25, -0.2) is 4.99 Å². The Morgan fingerprint density at radius 3 is 2.39 bits per heavy atom. The zero-order valence-electron chi connectivity index (χ0n) is 16.3. The van der Waals surface area contributed by atoms with Crippen LogP contribution in [0.4, 0.5) is 5.69 Å². The van der Waals surface area contributed by atoms with Crippen LogP contribution in [0.2, 0.25) is 0 Å². The van der Waals surface area contributed by atoms with E-state index < -0.39 is 0 Å². The van der Waals surface area contributed by atoms with Gasteiger partial charge in [0, 0.05) is 26.8 Å². The highest BCUT2D eigenvalue weighted by molar-refractivity contribution is 9.10. The van der Waals surface area contributed by atoms with Crippen LogP contribution in [-0.4, -0.2) is 11.1 Å². The lowest BCUT2D eigenvalue weighted by Gasteiger charge is -2.11. The molecule has 0 aliphatic heterocycles. The molecule has 0 saturated heterocycles. The first-order chi connectivity index (χ1) is 14.9. The Morgan fingerprint density at radius 2 is 1.71 bits per heavy atom. The molecule has 0 heterocycles. The minimum atomic E-state index is -0.176. The quantitative estimate of drug-likeness (QED) is 0.292. The summed E-state index contributed by atoms with van der Waals surface area (Å²) in [5, 5.41) is 12.2. The first kappa shape index (κ1) is 23.1. The third-order valence-electron chi connectivity index (χ3n) is 4.29. The normalized spacial score (nSPS) is 11.1. The minimum Gasteiger partial charge on any atom is -0.378 e. The van der Waals surface area contributed by atoms with Crippen LogP contribution in [0.5, 0.6) is 0 Å². The molecule has 0 aromatic heterocycles. The summed E-state index contributed by atoms with van der Waals surface area (Å²) in [4.78, 5) is 17.2. The highest BCUT2D eigenvalue weighted by Gasteiger charge is 2.13. The summed E-state index contributed by atoms with van der Waals surface area (Å²) in [5.41, 5.74) is 9.79. The van der Waals surface area contributed by atoms with Gasteiger partial charge in [-0.2, -0.15) is 5.26 Å². The van der Waals surface area contributed by atoms with Crippen molar-refractivity contribution >= 4 is 60.4 Å². The molecule has 0 fully saturated rings. The van der Waals surface area contributed by atoms with E-state index in [1.54, 1.807) is 18.2 Å². The van der Waals surface area contributed by atoms with E-state index >= 15 is 0 Å². The van der Waals surface area contributed by atoms with Crippen molar-refractivity contribution in [3.05, 3.63) is 97.9 Å². The molecule has 3 aromatic carbocycles. The van der Waals surface area contributed by atoms with Crippen molar-refractivity contribution in [1.82, 2.24) is 5.32 Å². The third kappa shape index (κ3) is 6.96. The van der Waals surface area contributed by atoms with E-state index in [9.17, 15) is 4.79 Å². The number of hydrogen-bond acceptors (Lipinski definition) is 4. The van der Waals surface area contributed by atoms with Gasteiger partial charge in [-0.15, -0.1) is 0 Å². The first-order valence-corrected chi connectivity index (χ1v) is 11.8. The number of nitriles is 1. The van der Waals surface area contributed by atoms with Gasteiger partial charge in [-0.05, 0) is 59.7 Å². The van der Waals surface area contributed by atoms with Crippen molar-refractivity contribution in [2.75, 3.05) is 0 Å². The molecule has 3 aromatic rings. The highest BCUT2D eigenvalue weighted by atomic mass is 79.9. The van der Waals surface area contributed by atoms with Crippen LogP contribution in [0, 0.1) is 11.3 Å². The smallest absolute Gasteiger partial charge is 0.251 e. The maximum Gasteiger partial charge on any atom is 0.251 e. The van der Waals surface area contributed by atoms with Crippen LogP contribution >= 0.6 is 43.6 Å². The zero-order chi connectivity index (χ0) is 22.2. The van der Waals surface area contributed by atoms with E-state index in [1.165, 1.54) is 11.8 Å². The van der Waals surface area contributed by atoms with Crippen LogP contribution in [0.15, 0.2) is 80.7 Å². The molecule has 0 unspecified atom stereocenters. The summed E-state index contributed by atoms with van der Waals surface area (Å²) in [7, 11) is 0. The predicted molar refractivity (Wildman–Crippen MR) is 133 cm³/mol. The van der Waals surface area contributed by atoms with Gasteiger partial charge in [-0.1, -0.05) is 61.8 Å².